The van der Waals surface area contributed by atoms with Gasteiger partial charge in [-0.2, -0.15) is 5.26 Å². The molecule has 0 heterocycles. The summed E-state index contributed by atoms with van der Waals surface area (Å²) < 4.78 is 0. The molecule has 3 aromatic carbocycles. The van der Waals surface area contributed by atoms with Gasteiger partial charge in [0.05, 0.1) is 17.6 Å². The van der Waals surface area contributed by atoms with E-state index < -0.39 is 11.8 Å². The molecule has 0 radical (unpaired) electrons. The summed E-state index contributed by atoms with van der Waals surface area (Å²) in [5.74, 6) is -1.10. The predicted octanol–water partition coefficient (Wildman–Crippen LogP) is 6.22. The average molecular weight is 425 g/mol. The number of hydrogen-bond donors (Lipinski definition) is 2. The number of nitriles is 1. The summed E-state index contributed by atoms with van der Waals surface area (Å²) in [6, 6.07) is 17.5. The number of amides is 1. The number of carbonyl (C=O) groups is 1. The average Bonchev–Trinajstić information content (AvgIpc) is 2.69. The molecule has 4 nitrogen and oxygen atoms in total. The van der Waals surface area contributed by atoms with E-state index in [-0.39, 0.29) is 11.3 Å². The van der Waals surface area contributed by atoms with Gasteiger partial charge in [0.1, 0.15) is 5.75 Å². The number of carbonyl (C=O) groups excluding carboxylic acids is 1. The molecule has 0 bridgehead atoms. The lowest BCUT2D eigenvalue weighted by atomic mass is 9.91. The van der Waals surface area contributed by atoms with Crippen molar-refractivity contribution in [3.05, 3.63) is 92.5 Å². The number of aromatic hydroxyl groups is 1. The van der Waals surface area contributed by atoms with Gasteiger partial charge in [-0.25, -0.2) is 0 Å². The Kier molecular flexibility index (Phi) is 6.12. The minimum atomic E-state index is -0.566. The molecule has 1 atom stereocenters. The third-order valence-electron chi connectivity index (χ3n) is 4.63. The van der Waals surface area contributed by atoms with Gasteiger partial charge in [-0.1, -0.05) is 53.0 Å². The number of benzene rings is 3. The van der Waals surface area contributed by atoms with Gasteiger partial charge in [0.2, 0.25) is 0 Å². The molecular weight excluding hydrogens is 407 g/mol. The monoisotopic (exact) mass is 424 g/mol. The maximum absolute atomic E-state index is 12.6. The SMILES string of the molecule is Cc1ccc(O)c(C(=O)Nc2cc(Cl)c(C(C#N)c3ccc(Cl)cc3)cc2C)c1. The summed E-state index contributed by atoms with van der Waals surface area (Å²) in [4.78, 5) is 12.6. The van der Waals surface area contributed by atoms with E-state index in [9.17, 15) is 15.2 Å². The van der Waals surface area contributed by atoms with E-state index >= 15 is 0 Å². The summed E-state index contributed by atoms with van der Waals surface area (Å²) >= 11 is 12.4. The fraction of sp³-hybridized carbons (Fsp3) is 0.130. The first kappa shape index (κ1) is 20.7. The normalized spacial score (nSPS) is 11.6. The zero-order valence-corrected chi connectivity index (χ0v) is 17.3. The van der Waals surface area contributed by atoms with Crippen LogP contribution in [0.4, 0.5) is 5.69 Å². The summed E-state index contributed by atoms with van der Waals surface area (Å²) in [5.41, 5.74) is 3.72. The first-order chi connectivity index (χ1) is 13.8. The second kappa shape index (κ2) is 8.57. The van der Waals surface area contributed by atoms with Crippen LogP contribution in [0.15, 0.2) is 54.6 Å². The van der Waals surface area contributed by atoms with Gasteiger partial charge in [0.15, 0.2) is 0 Å². The van der Waals surface area contributed by atoms with Crippen LogP contribution in [0.2, 0.25) is 10.0 Å². The van der Waals surface area contributed by atoms with Crippen LogP contribution in [0.5, 0.6) is 5.75 Å². The predicted molar refractivity (Wildman–Crippen MR) is 116 cm³/mol. The van der Waals surface area contributed by atoms with Crippen molar-refractivity contribution >= 4 is 34.8 Å². The fourth-order valence-electron chi connectivity index (χ4n) is 3.06. The van der Waals surface area contributed by atoms with Gasteiger partial charge in [-0.15, -0.1) is 0 Å². The van der Waals surface area contributed by atoms with Crippen LogP contribution in [-0.4, -0.2) is 11.0 Å². The van der Waals surface area contributed by atoms with E-state index in [1.165, 1.54) is 6.07 Å². The van der Waals surface area contributed by atoms with Crippen molar-refractivity contribution < 1.29 is 9.90 Å². The van der Waals surface area contributed by atoms with E-state index in [4.69, 9.17) is 23.2 Å². The Balaban J connectivity index is 1.93. The molecule has 0 aliphatic carbocycles. The van der Waals surface area contributed by atoms with E-state index in [0.717, 1.165) is 16.7 Å². The molecule has 146 valence electrons. The van der Waals surface area contributed by atoms with Gasteiger partial charge in [-0.3, -0.25) is 4.79 Å². The Morgan fingerprint density at radius 3 is 2.41 bits per heavy atom. The highest BCUT2D eigenvalue weighted by atomic mass is 35.5. The molecule has 0 aromatic heterocycles. The first-order valence-corrected chi connectivity index (χ1v) is 9.62. The lowest BCUT2D eigenvalue weighted by Crippen LogP contribution is -2.13. The second-order valence-corrected chi connectivity index (χ2v) is 7.62. The van der Waals surface area contributed by atoms with Crippen LogP contribution < -0.4 is 5.32 Å². The largest absolute Gasteiger partial charge is 0.507 e. The molecule has 0 spiro atoms. The molecule has 3 rings (SSSR count). The topological polar surface area (TPSA) is 73.1 Å². The minimum Gasteiger partial charge on any atom is -0.507 e. The number of phenolic OH excluding ortho intramolecular Hbond substituents is 1. The minimum absolute atomic E-state index is 0.0965. The van der Waals surface area contributed by atoms with Gasteiger partial charge < -0.3 is 10.4 Å². The summed E-state index contributed by atoms with van der Waals surface area (Å²) in [7, 11) is 0. The Labute approximate surface area is 179 Å². The number of nitrogens with one attached hydrogen (secondary N) is 1. The van der Waals surface area contributed by atoms with Crippen molar-refractivity contribution in [1.29, 1.82) is 5.26 Å². The lowest BCUT2D eigenvalue weighted by Gasteiger charge is -2.16. The molecule has 0 saturated carbocycles. The highest BCUT2D eigenvalue weighted by Gasteiger charge is 2.20. The maximum atomic E-state index is 12.6. The molecule has 1 amide bonds. The highest BCUT2D eigenvalue weighted by Crippen LogP contribution is 2.34. The number of phenols is 1. The summed E-state index contributed by atoms with van der Waals surface area (Å²) in [6.45, 7) is 3.66. The second-order valence-electron chi connectivity index (χ2n) is 6.78. The zero-order valence-electron chi connectivity index (χ0n) is 15.8. The highest BCUT2D eigenvalue weighted by molar-refractivity contribution is 6.32. The molecular formula is C23H18Cl2N2O2. The van der Waals surface area contributed by atoms with Crippen LogP contribution >= 0.6 is 23.2 Å². The van der Waals surface area contributed by atoms with Crippen molar-refractivity contribution in [2.24, 2.45) is 0 Å². The fourth-order valence-corrected chi connectivity index (χ4v) is 3.46. The Morgan fingerprint density at radius 2 is 1.76 bits per heavy atom. The molecule has 0 saturated heterocycles. The number of rotatable bonds is 4. The van der Waals surface area contributed by atoms with Crippen LogP contribution in [0.25, 0.3) is 0 Å². The van der Waals surface area contributed by atoms with E-state index in [0.29, 0.717) is 21.3 Å². The number of hydrogen-bond acceptors (Lipinski definition) is 3. The van der Waals surface area contributed by atoms with Crippen LogP contribution in [-0.2, 0) is 0 Å². The first-order valence-electron chi connectivity index (χ1n) is 8.86. The molecule has 3 aromatic rings. The standard InChI is InChI=1S/C23H18Cl2N2O2/c1-13-3-8-22(28)18(9-13)23(29)27-21-11-20(25)17(10-14(21)2)19(12-26)15-4-6-16(24)7-5-15/h3-11,19,28H,1-2H3,(H,27,29). The molecule has 1 unspecified atom stereocenters. The van der Waals surface area contributed by atoms with Gasteiger partial charge in [0.25, 0.3) is 5.91 Å². The molecule has 0 aliphatic heterocycles. The van der Waals surface area contributed by atoms with E-state index in [2.05, 4.69) is 11.4 Å². The summed E-state index contributed by atoms with van der Waals surface area (Å²) in [6.07, 6.45) is 0. The zero-order chi connectivity index (χ0) is 21.1. The van der Waals surface area contributed by atoms with Gasteiger partial charge in [-0.05, 0) is 60.9 Å². The number of halogens is 2. The molecule has 2 N–H and O–H groups in total. The van der Waals surface area contributed by atoms with Crippen LogP contribution in [0.3, 0.4) is 0 Å². The van der Waals surface area contributed by atoms with Gasteiger partial charge >= 0.3 is 0 Å². The molecule has 6 heteroatoms. The molecule has 0 aliphatic rings. The smallest absolute Gasteiger partial charge is 0.259 e. The van der Waals surface area contributed by atoms with Crippen molar-refractivity contribution in [2.75, 3.05) is 5.32 Å². The van der Waals surface area contributed by atoms with Gasteiger partial charge in [0, 0.05) is 15.7 Å². The Morgan fingerprint density at radius 1 is 1.07 bits per heavy atom. The quantitative estimate of drug-likeness (QED) is 0.521. The number of nitrogens with zero attached hydrogens (tertiary/aromatic N) is 1. The van der Waals surface area contributed by atoms with E-state index in [1.54, 1.807) is 48.5 Å². The lowest BCUT2D eigenvalue weighted by molar-refractivity contribution is 0.102. The number of anilines is 1. The Bertz CT molecular complexity index is 1120. The Hall–Kier alpha value is -3.00. The van der Waals surface area contributed by atoms with Crippen molar-refractivity contribution in [3.8, 4) is 11.8 Å². The van der Waals surface area contributed by atoms with Crippen molar-refractivity contribution in [1.82, 2.24) is 0 Å². The third-order valence-corrected chi connectivity index (χ3v) is 5.21. The third kappa shape index (κ3) is 4.54. The van der Waals surface area contributed by atoms with E-state index in [1.807, 2.05) is 13.8 Å². The van der Waals surface area contributed by atoms with Crippen molar-refractivity contribution in [3.63, 3.8) is 0 Å². The van der Waals surface area contributed by atoms with Crippen LogP contribution in [0, 0.1) is 25.2 Å². The van der Waals surface area contributed by atoms with Crippen LogP contribution in [0.1, 0.15) is 38.5 Å². The molecule has 0 fully saturated rings. The summed E-state index contributed by atoms with van der Waals surface area (Å²) in [5, 5.41) is 23.4. The number of aryl methyl sites for hydroxylation is 2. The maximum Gasteiger partial charge on any atom is 0.259 e. The van der Waals surface area contributed by atoms with Crippen molar-refractivity contribution in [2.45, 2.75) is 19.8 Å². The molecule has 29 heavy (non-hydrogen) atoms.